The third-order valence-electron chi connectivity index (χ3n) is 4.42. The van der Waals surface area contributed by atoms with Crippen molar-refractivity contribution >= 4 is 11.6 Å². The number of benzene rings is 2. The predicted molar refractivity (Wildman–Crippen MR) is 90.2 cm³/mol. The first kappa shape index (κ1) is 15.5. The molecule has 1 N–H and O–H groups in total. The van der Waals surface area contributed by atoms with E-state index in [-0.39, 0.29) is 11.7 Å². The summed E-state index contributed by atoms with van der Waals surface area (Å²) < 4.78 is 13.0. The quantitative estimate of drug-likeness (QED) is 0.938. The molecule has 1 saturated heterocycles. The van der Waals surface area contributed by atoms with E-state index in [4.69, 9.17) is 0 Å². The molecule has 0 radical (unpaired) electrons. The highest BCUT2D eigenvalue weighted by atomic mass is 19.1. The van der Waals surface area contributed by atoms with Crippen LogP contribution in [0.15, 0.2) is 48.5 Å². The molecule has 0 bridgehead atoms. The van der Waals surface area contributed by atoms with Crippen LogP contribution >= 0.6 is 0 Å². The fraction of sp³-hybridized carbons (Fsp3) is 0.316. The van der Waals surface area contributed by atoms with E-state index < -0.39 is 0 Å². The standard InChI is InChI=1S/C19H21FN2O/c1-14-4-2-3-5-18(14)19(23)21-12-15-10-11-22(13-15)17-8-6-16(20)7-9-17/h2-9,15H,10-13H2,1H3,(H,21,23). The van der Waals surface area contributed by atoms with Crippen LogP contribution in [0, 0.1) is 18.7 Å². The zero-order chi connectivity index (χ0) is 16.2. The van der Waals surface area contributed by atoms with Crippen molar-refractivity contribution in [3.05, 3.63) is 65.5 Å². The van der Waals surface area contributed by atoms with Crippen LogP contribution in [0.25, 0.3) is 0 Å². The lowest BCUT2D eigenvalue weighted by atomic mass is 10.1. The summed E-state index contributed by atoms with van der Waals surface area (Å²) in [5, 5.41) is 3.04. The summed E-state index contributed by atoms with van der Waals surface area (Å²) in [5.74, 6) is 0.200. The van der Waals surface area contributed by atoms with E-state index in [1.807, 2.05) is 43.3 Å². The molecule has 1 heterocycles. The molecule has 3 nitrogen and oxygen atoms in total. The Hall–Kier alpha value is -2.36. The molecule has 1 fully saturated rings. The molecular weight excluding hydrogens is 291 g/mol. The van der Waals surface area contributed by atoms with E-state index >= 15 is 0 Å². The van der Waals surface area contributed by atoms with Gasteiger partial charge in [-0.25, -0.2) is 4.39 Å². The Kier molecular flexibility index (Phi) is 4.60. The number of nitrogens with one attached hydrogen (secondary N) is 1. The zero-order valence-electron chi connectivity index (χ0n) is 13.3. The molecular formula is C19H21FN2O. The van der Waals surface area contributed by atoms with E-state index in [1.54, 1.807) is 0 Å². The van der Waals surface area contributed by atoms with Crippen LogP contribution in [0.1, 0.15) is 22.3 Å². The molecule has 1 atom stereocenters. The van der Waals surface area contributed by atoms with Crippen LogP contribution in [-0.4, -0.2) is 25.5 Å². The van der Waals surface area contributed by atoms with Crippen LogP contribution in [-0.2, 0) is 0 Å². The normalized spacial score (nSPS) is 17.3. The van der Waals surface area contributed by atoms with Gasteiger partial charge in [0, 0.05) is 30.9 Å². The number of halogens is 1. The van der Waals surface area contributed by atoms with Crippen LogP contribution in [0.4, 0.5) is 10.1 Å². The van der Waals surface area contributed by atoms with Gasteiger partial charge in [0.25, 0.3) is 5.91 Å². The van der Waals surface area contributed by atoms with E-state index in [2.05, 4.69) is 10.2 Å². The van der Waals surface area contributed by atoms with Gasteiger partial charge in [0.15, 0.2) is 0 Å². The highest BCUT2D eigenvalue weighted by Gasteiger charge is 2.23. The molecule has 3 rings (SSSR count). The Morgan fingerprint density at radius 2 is 1.96 bits per heavy atom. The third-order valence-corrected chi connectivity index (χ3v) is 4.42. The smallest absolute Gasteiger partial charge is 0.251 e. The Morgan fingerprint density at radius 1 is 1.22 bits per heavy atom. The van der Waals surface area contributed by atoms with Crippen LogP contribution < -0.4 is 10.2 Å². The number of hydrogen-bond donors (Lipinski definition) is 1. The molecule has 0 spiro atoms. The molecule has 0 aliphatic carbocycles. The fourth-order valence-electron chi connectivity index (χ4n) is 3.05. The number of carbonyl (C=O) groups is 1. The van der Waals surface area contributed by atoms with Gasteiger partial charge in [0.05, 0.1) is 0 Å². The van der Waals surface area contributed by atoms with Gasteiger partial charge in [0.2, 0.25) is 0 Å². The van der Waals surface area contributed by atoms with E-state index in [1.165, 1.54) is 12.1 Å². The number of nitrogens with zero attached hydrogens (tertiary/aromatic N) is 1. The lowest BCUT2D eigenvalue weighted by Crippen LogP contribution is -2.31. The van der Waals surface area contributed by atoms with Gasteiger partial charge in [-0.2, -0.15) is 0 Å². The van der Waals surface area contributed by atoms with E-state index in [0.29, 0.717) is 12.5 Å². The predicted octanol–water partition coefficient (Wildman–Crippen LogP) is 3.39. The van der Waals surface area contributed by atoms with Crippen molar-refractivity contribution in [1.29, 1.82) is 0 Å². The van der Waals surface area contributed by atoms with Gasteiger partial charge in [-0.05, 0) is 55.2 Å². The van der Waals surface area contributed by atoms with Crippen LogP contribution in [0.2, 0.25) is 0 Å². The summed E-state index contributed by atoms with van der Waals surface area (Å²) >= 11 is 0. The van der Waals surface area contributed by atoms with E-state index in [0.717, 1.165) is 36.3 Å². The summed E-state index contributed by atoms with van der Waals surface area (Å²) in [6, 6.07) is 14.2. The first-order valence-corrected chi connectivity index (χ1v) is 7.98. The Labute approximate surface area is 136 Å². The van der Waals surface area contributed by atoms with Gasteiger partial charge < -0.3 is 10.2 Å². The number of hydrogen-bond acceptors (Lipinski definition) is 2. The Morgan fingerprint density at radius 3 is 2.70 bits per heavy atom. The second-order valence-electron chi connectivity index (χ2n) is 6.10. The highest BCUT2D eigenvalue weighted by molar-refractivity contribution is 5.95. The molecule has 2 aromatic rings. The van der Waals surface area contributed by atoms with Gasteiger partial charge in [0.1, 0.15) is 5.82 Å². The molecule has 1 aliphatic rings. The summed E-state index contributed by atoms with van der Waals surface area (Å²) in [6.45, 7) is 4.45. The molecule has 23 heavy (non-hydrogen) atoms. The summed E-state index contributed by atoms with van der Waals surface area (Å²) in [6.07, 6.45) is 1.03. The molecule has 2 aromatic carbocycles. The van der Waals surface area contributed by atoms with Crippen LogP contribution in [0.5, 0.6) is 0 Å². The number of anilines is 1. The first-order valence-electron chi connectivity index (χ1n) is 7.98. The minimum atomic E-state index is -0.213. The van der Waals surface area contributed by atoms with Crippen molar-refractivity contribution in [1.82, 2.24) is 5.32 Å². The second kappa shape index (κ2) is 6.82. The average molecular weight is 312 g/mol. The van der Waals surface area contributed by atoms with Crippen molar-refractivity contribution in [3.63, 3.8) is 0 Å². The Balaban J connectivity index is 1.53. The number of amides is 1. The molecule has 1 aliphatic heterocycles. The molecule has 120 valence electrons. The van der Waals surface area contributed by atoms with Crippen molar-refractivity contribution < 1.29 is 9.18 Å². The van der Waals surface area contributed by atoms with Crippen LogP contribution in [0.3, 0.4) is 0 Å². The lowest BCUT2D eigenvalue weighted by molar-refractivity contribution is 0.0947. The largest absolute Gasteiger partial charge is 0.371 e. The maximum Gasteiger partial charge on any atom is 0.251 e. The maximum absolute atomic E-state index is 13.0. The molecule has 1 unspecified atom stereocenters. The minimum absolute atomic E-state index is 0.0108. The van der Waals surface area contributed by atoms with Crippen molar-refractivity contribution in [3.8, 4) is 0 Å². The van der Waals surface area contributed by atoms with Gasteiger partial charge >= 0.3 is 0 Å². The molecule has 1 amide bonds. The van der Waals surface area contributed by atoms with Crippen molar-refractivity contribution in [2.75, 3.05) is 24.5 Å². The van der Waals surface area contributed by atoms with Gasteiger partial charge in [-0.3, -0.25) is 4.79 Å². The van der Waals surface area contributed by atoms with E-state index in [9.17, 15) is 9.18 Å². The van der Waals surface area contributed by atoms with Gasteiger partial charge in [-0.15, -0.1) is 0 Å². The van der Waals surface area contributed by atoms with Crippen molar-refractivity contribution in [2.45, 2.75) is 13.3 Å². The summed E-state index contributed by atoms with van der Waals surface area (Å²) in [5.41, 5.74) is 2.77. The first-order chi connectivity index (χ1) is 11.1. The average Bonchev–Trinajstić information content (AvgIpc) is 3.03. The van der Waals surface area contributed by atoms with Crippen molar-refractivity contribution in [2.24, 2.45) is 5.92 Å². The summed E-state index contributed by atoms with van der Waals surface area (Å²) in [4.78, 5) is 14.5. The zero-order valence-corrected chi connectivity index (χ0v) is 13.3. The SMILES string of the molecule is Cc1ccccc1C(=O)NCC1CCN(c2ccc(F)cc2)C1. The summed E-state index contributed by atoms with van der Waals surface area (Å²) in [7, 11) is 0. The second-order valence-corrected chi connectivity index (χ2v) is 6.10. The van der Waals surface area contributed by atoms with Gasteiger partial charge in [-0.1, -0.05) is 18.2 Å². The minimum Gasteiger partial charge on any atom is -0.371 e. The number of rotatable bonds is 4. The maximum atomic E-state index is 13.0. The molecule has 0 aromatic heterocycles. The fourth-order valence-corrected chi connectivity index (χ4v) is 3.05. The number of aryl methyl sites for hydroxylation is 1. The highest BCUT2D eigenvalue weighted by Crippen LogP contribution is 2.23. The topological polar surface area (TPSA) is 32.3 Å². The third kappa shape index (κ3) is 3.70. The Bertz CT molecular complexity index is 684. The lowest BCUT2D eigenvalue weighted by Gasteiger charge is -2.19. The molecule has 0 saturated carbocycles. The number of carbonyl (C=O) groups excluding carboxylic acids is 1. The monoisotopic (exact) mass is 312 g/mol. The molecule has 4 heteroatoms.